The predicted octanol–water partition coefficient (Wildman–Crippen LogP) is 3.75. The van der Waals surface area contributed by atoms with Gasteiger partial charge < -0.3 is 4.74 Å². The molecule has 1 heterocycles. The molecule has 0 spiro atoms. The SMILES string of the molecule is CC(=O)c1ccc(Oc2cc([N+](=O)[O-])ccc2Br)nc1. The van der Waals surface area contributed by atoms with Crippen molar-refractivity contribution in [2.75, 3.05) is 0 Å². The molecular formula is C13H9BrN2O4. The number of rotatable bonds is 4. The lowest BCUT2D eigenvalue weighted by Gasteiger charge is -2.06. The summed E-state index contributed by atoms with van der Waals surface area (Å²) in [6.07, 6.45) is 1.39. The lowest BCUT2D eigenvalue weighted by Crippen LogP contribution is -1.95. The summed E-state index contributed by atoms with van der Waals surface area (Å²) in [4.78, 5) is 25.3. The number of carbonyl (C=O) groups is 1. The number of nitro groups is 1. The number of Topliss-reactive ketones (excluding diaryl/α,β-unsaturated/α-hetero) is 1. The van der Waals surface area contributed by atoms with E-state index >= 15 is 0 Å². The molecule has 102 valence electrons. The first-order valence-corrected chi connectivity index (χ1v) is 6.35. The van der Waals surface area contributed by atoms with Crippen molar-refractivity contribution >= 4 is 27.4 Å². The number of pyridine rings is 1. The Hall–Kier alpha value is -2.28. The molecule has 0 bridgehead atoms. The minimum absolute atomic E-state index is 0.0800. The van der Waals surface area contributed by atoms with Crippen LogP contribution in [0, 0.1) is 10.1 Å². The van der Waals surface area contributed by atoms with Crippen molar-refractivity contribution in [1.29, 1.82) is 0 Å². The highest BCUT2D eigenvalue weighted by Crippen LogP contribution is 2.32. The average Bonchev–Trinajstić information content (AvgIpc) is 2.41. The van der Waals surface area contributed by atoms with Crippen LogP contribution < -0.4 is 4.74 Å². The first-order valence-electron chi connectivity index (χ1n) is 5.56. The maximum Gasteiger partial charge on any atom is 0.273 e. The number of hydrogen-bond acceptors (Lipinski definition) is 5. The van der Waals surface area contributed by atoms with Gasteiger partial charge in [-0.1, -0.05) is 0 Å². The van der Waals surface area contributed by atoms with E-state index in [1.165, 1.54) is 37.4 Å². The smallest absolute Gasteiger partial charge is 0.273 e. The third-order valence-corrected chi connectivity index (χ3v) is 3.14. The van der Waals surface area contributed by atoms with Crippen LogP contribution in [-0.2, 0) is 0 Å². The van der Waals surface area contributed by atoms with Gasteiger partial charge >= 0.3 is 0 Å². The summed E-state index contributed by atoms with van der Waals surface area (Å²) in [5.41, 5.74) is 0.388. The summed E-state index contributed by atoms with van der Waals surface area (Å²) in [5.74, 6) is 0.430. The van der Waals surface area contributed by atoms with E-state index in [4.69, 9.17) is 4.74 Å². The van der Waals surface area contributed by atoms with E-state index in [9.17, 15) is 14.9 Å². The molecule has 0 amide bonds. The minimum Gasteiger partial charge on any atom is -0.438 e. The van der Waals surface area contributed by atoms with E-state index < -0.39 is 4.92 Å². The first kappa shape index (κ1) is 14.1. The summed E-state index contributed by atoms with van der Waals surface area (Å²) in [5, 5.41) is 10.7. The number of nitro benzene ring substituents is 1. The molecule has 6 nitrogen and oxygen atoms in total. The van der Waals surface area contributed by atoms with Crippen LogP contribution in [0.15, 0.2) is 41.0 Å². The van der Waals surface area contributed by atoms with Crippen molar-refractivity contribution in [2.45, 2.75) is 6.92 Å². The number of benzene rings is 1. The van der Waals surface area contributed by atoms with Crippen molar-refractivity contribution in [3.63, 3.8) is 0 Å². The second kappa shape index (κ2) is 5.79. The fourth-order valence-corrected chi connectivity index (χ4v) is 1.77. The van der Waals surface area contributed by atoms with E-state index in [0.717, 1.165) is 0 Å². The van der Waals surface area contributed by atoms with E-state index in [0.29, 0.717) is 10.0 Å². The molecule has 1 aromatic carbocycles. The highest BCUT2D eigenvalue weighted by molar-refractivity contribution is 9.10. The van der Waals surface area contributed by atoms with Crippen LogP contribution in [0.2, 0.25) is 0 Å². The molecule has 2 rings (SSSR count). The Bertz CT molecular complexity index is 671. The van der Waals surface area contributed by atoms with Gasteiger partial charge in [0.05, 0.1) is 15.5 Å². The maximum atomic E-state index is 11.1. The zero-order valence-electron chi connectivity index (χ0n) is 10.4. The summed E-state index contributed by atoms with van der Waals surface area (Å²) in [7, 11) is 0. The summed E-state index contributed by atoms with van der Waals surface area (Å²) >= 11 is 3.25. The van der Waals surface area contributed by atoms with Crippen LogP contribution in [-0.4, -0.2) is 15.7 Å². The summed E-state index contributed by atoms with van der Waals surface area (Å²) < 4.78 is 6.03. The van der Waals surface area contributed by atoms with Gasteiger partial charge in [-0.15, -0.1) is 0 Å². The Morgan fingerprint density at radius 2 is 2.10 bits per heavy atom. The third kappa shape index (κ3) is 3.18. The van der Waals surface area contributed by atoms with Gasteiger partial charge in [-0.2, -0.15) is 0 Å². The van der Waals surface area contributed by atoms with Gasteiger partial charge in [0.2, 0.25) is 5.88 Å². The standard InChI is InChI=1S/C13H9BrN2O4/c1-8(17)9-2-5-13(15-7-9)20-12-6-10(16(18)19)3-4-11(12)14/h2-7H,1H3. The molecular weight excluding hydrogens is 328 g/mol. The molecule has 0 N–H and O–H groups in total. The molecule has 0 radical (unpaired) electrons. The van der Waals surface area contributed by atoms with Crippen molar-refractivity contribution in [2.24, 2.45) is 0 Å². The third-order valence-electron chi connectivity index (χ3n) is 2.48. The molecule has 7 heteroatoms. The van der Waals surface area contributed by atoms with Crippen LogP contribution >= 0.6 is 15.9 Å². The summed E-state index contributed by atoms with van der Waals surface area (Å²) in [6.45, 7) is 1.44. The van der Waals surface area contributed by atoms with Crippen molar-refractivity contribution in [3.05, 3.63) is 56.7 Å². The molecule has 2 aromatic rings. The van der Waals surface area contributed by atoms with Gasteiger partial charge in [0.1, 0.15) is 0 Å². The van der Waals surface area contributed by atoms with Gasteiger partial charge in [0, 0.05) is 23.9 Å². The average molecular weight is 337 g/mol. The zero-order valence-corrected chi connectivity index (χ0v) is 12.0. The quantitative estimate of drug-likeness (QED) is 0.482. The molecule has 0 unspecified atom stereocenters. The van der Waals surface area contributed by atoms with Crippen molar-refractivity contribution in [1.82, 2.24) is 4.98 Å². The Kier molecular flexibility index (Phi) is 4.09. The largest absolute Gasteiger partial charge is 0.438 e. The number of carbonyl (C=O) groups excluding carboxylic acids is 1. The molecule has 0 saturated carbocycles. The number of non-ortho nitro benzene ring substituents is 1. The van der Waals surface area contributed by atoms with Crippen LogP contribution in [0.5, 0.6) is 11.6 Å². The fourth-order valence-electron chi connectivity index (χ4n) is 1.45. The van der Waals surface area contributed by atoms with Gasteiger partial charge in [0.15, 0.2) is 11.5 Å². The topological polar surface area (TPSA) is 82.3 Å². The van der Waals surface area contributed by atoms with Gasteiger partial charge in [0.25, 0.3) is 5.69 Å². The van der Waals surface area contributed by atoms with Crippen LogP contribution in [0.4, 0.5) is 5.69 Å². The Morgan fingerprint density at radius 3 is 2.65 bits per heavy atom. The van der Waals surface area contributed by atoms with Crippen molar-refractivity contribution in [3.8, 4) is 11.6 Å². The van der Waals surface area contributed by atoms with E-state index in [1.54, 1.807) is 6.07 Å². The van der Waals surface area contributed by atoms with Gasteiger partial charge in [-0.25, -0.2) is 4.98 Å². The van der Waals surface area contributed by atoms with Gasteiger partial charge in [-0.3, -0.25) is 14.9 Å². The Labute approximate surface area is 122 Å². The maximum absolute atomic E-state index is 11.1. The highest BCUT2D eigenvalue weighted by atomic mass is 79.9. The number of nitrogens with zero attached hydrogens (tertiary/aromatic N) is 2. The molecule has 0 atom stereocenters. The monoisotopic (exact) mass is 336 g/mol. The van der Waals surface area contributed by atoms with Crippen LogP contribution in [0.25, 0.3) is 0 Å². The lowest BCUT2D eigenvalue weighted by molar-refractivity contribution is -0.384. The highest BCUT2D eigenvalue weighted by Gasteiger charge is 2.12. The van der Waals surface area contributed by atoms with Crippen LogP contribution in [0.3, 0.4) is 0 Å². The molecule has 20 heavy (non-hydrogen) atoms. The van der Waals surface area contributed by atoms with Crippen LogP contribution in [0.1, 0.15) is 17.3 Å². The number of ketones is 1. The molecule has 1 aromatic heterocycles. The zero-order chi connectivity index (χ0) is 14.7. The Morgan fingerprint density at radius 1 is 1.35 bits per heavy atom. The number of ether oxygens (including phenoxy) is 1. The molecule has 0 aliphatic heterocycles. The van der Waals surface area contributed by atoms with Crippen molar-refractivity contribution < 1.29 is 14.5 Å². The van der Waals surface area contributed by atoms with Gasteiger partial charge in [-0.05, 0) is 35.0 Å². The normalized spacial score (nSPS) is 10.1. The van der Waals surface area contributed by atoms with E-state index in [1.807, 2.05) is 0 Å². The summed E-state index contributed by atoms with van der Waals surface area (Å²) in [6, 6.07) is 7.29. The molecule has 0 aliphatic carbocycles. The van der Waals surface area contributed by atoms with E-state index in [-0.39, 0.29) is 23.1 Å². The Balaban J connectivity index is 2.27. The van der Waals surface area contributed by atoms with E-state index in [2.05, 4.69) is 20.9 Å². The first-order chi connectivity index (χ1) is 9.47. The number of aromatic nitrogens is 1. The minimum atomic E-state index is -0.508. The molecule has 0 saturated heterocycles. The number of hydrogen-bond donors (Lipinski definition) is 0. The predicted molar refractivity (Wildman–Crippen MR) is 75.1 cm³/mol. The molecule has 0 fully saturated rings. The molecule has 0 aliphatic rings. The second-order valence-electron chi connectivity index (χ2n) is 3.92. The lowest BCUT2D eigenvalue weighted by atomic mass is 10.2. The fraction of sp³-hybridized carbons (Fsp3) is 0.0769. The second-order valence-corrected chi connectivity index (χ2v) is 4.77. The number of halogens is 1.